The Morgan fingerprint density at radius 2 is 2.24 bits per heavy atom. The molecule has 9 nitrogen and oxygen atoms in total. The van der Waals surface area contributed by atoms with E-state index in [1.54, 1.807) is 0 Å². The van der Waals surface area contributed by atoms with Crippen molar-refractivity contribution in [2.75, 3.05) is 12.3 Å². The maximum absolute atomic E-state index is 10.2. The molecule has 0 aromatic carbocycles. The molecule has 1 aliphatic rings. The number of aromatic nitrogens is 3. The van der Waals surface area contributed by atoms with Crippen molar-refractivity contribution in [2.24, 2.45) is 0 Å². The lowest BCUT2D eigenvalue weighted by molar-refractivity contribution is -0.0604. The Kier molecular flexibility index (Phi) is 3.03. The molecule has 0 spiro atoms. The molecule has 9 heteroatoms. The third-order valence-corrected chi connectivity index (χ3v) is 3.68. The number of aliphatic hydroxyl groups is 3. The normalized spacial score (nSPS) is 32.4. The highest BCUT2D eigenvalue weighted by Crippen LogP contribution is 2.41. The fourth-order valence-electron chi connectivity index (χ4n) is 2.58. The van der Waals surface area contributed by atoms with Gasteiger partial charge >= 0.3 is 0 Å². The summed E-state index contributed by atoms with van der Waals surface area (Å²) < 4.78 is 6.87. The summed E-state index contributed by atoms with van der Waals surface area (Å²) >= 11 is 0. The maximum atomic E-state index is 10.2. The number of hydrogen-bond acceptors (Lipinski definition) is 8. The molecule has 4 atom stereocenters. The van der Waals surface area contributed by atoms with E-state index in [4.69, 9.17) is 10.5 Å². The minimum absolute atomic E-state index is 0.158. The van der Waals surface area contributed by atoms with Gasteiger partial charge in [0.15, 0.2) is 0 Å². The topological polar surface area (TPSA) is 150 Å². The number of fused-ring (bicyclic) bond motifs is 1. The lowest BCUT2D eigenvalue weighted by Gasteiger charge is -2.23. The number of anilines is 1. The summed E-state index contributed by atoms with van der Waals surface area (Å²) in [5, 5.41) is 38.8. The minimum atomic E-state index is -1.83. The highest BCUT2D eigenvalue weighted by Gasteiger charge is 2.56. The van der Waals surface area contributed by atoms with Crippen molar-refractivity contribution in [3.63, 3.8) is 0 Å². The van der Waals surface area contributed by atoms with Crippen LogP contribution in [0.3, 0.4) is 0 Å². The van der Waals surface area contributed by atoms with Gasteiger partial charge in [-0.2, -0.15) is 5.26 Å². The van der Waals surface area contributed by atoms with Crippen LogP contribution in [0.15, 0.2) is 18.6 Å². The molecule has 2 aromatic rings. The van der Waals surface area contributed by atoms with Gasteiger partial charge in [-0.25, -0.2) is 9.97 Å². The summed E-state index contributed by atoms with van der Waals surface area (Å²) in [6.45, 7) is -0.523. The highest BCUT2D eigenvalue weighted by molar-refractivity contribution is 5.57. The van der Waals surface area contributed by atoms with Crippen LogP contribution in [0, 0.1) is 11.3 Å². The standard InChI is InChI=1S/C12H13N5O4/c13-4-12(9(20)8(19)7(3-18)21-12)6-1-2-17-10(6)15-5-16-11(17)14/h1-2,5,7-9,18-20H,3H2,(H2,14,15,16)/t7-,8-,9-,12+/m1/s1. The van der Waals surface area contributed by atoms with Crippen molar-refractivity contribution in [3.05, 3.63) is 24.2 Å². The predicted molar refractivity (Wildman–Crippen MR) is 68.7 cm³/mol. The first-order chi connectivity index (χ1) is 10.0. The third kappa shape index (κ3) is 1.71. The number of hydrogen-bond donors (Lipinski definition) is 4. The average molecular weight is 291 g/mol. The first kappa shape index (κ1) is 13.7. The first-order valence-electron chi connectivity index (χ1n) is 6.19. The summed E-state index contributed by atoms with van der Waals surface area (Å²) in [7, 11) is 0. The molecule has 3 rings (SSSR count). The van der Waals surface area contributed by atoms with Gasteiger partial charge in [-0.1, -0.05) is 0 Å². The summed E-state index contributed by atoms with van der Waals surface area (Å²) in [6.07, 6.45) is -1.21. The van der Waals surface area contributed by atoms with E-state index in [-0.39, 0.29) is 17.2 Å². The van der Waals surface area contributed by atoms with Crippen LogP contribution >= 0.6 is 0 Å². The number of nitrogens with two attached hydrogens (primary N) is 1. The van der Waals surface area contributed by atoms with Crippen LogP contribution in [0.4, 0.5) is 5.95 Å². The number of nitriles is 1. The van der Waals surface area contributed by atoms with Crippen molar-refractivity contribution in [3.8, 4) is 6.07 Å². The van der Waals surface area contributed by atoms with Gasteiger partial charge in [0.25, 0.3) is 0 Å². The summed E-state index contributed by atoms with van der Waals surface area (Å²) in [6, 6.07) is 3.39. The van der Waals surface area contributed by atoms with Gasteiger partial charge < -0.3 is 25.8 Å². The molecule has 0 aliphatic carbocycles. The Morgan fingerprint density at radius 3 is 2.86 bits per heavy atom. The molecule has 2 aromatic heterocycles. The molecular formula is C12H13N5O4. The number of nitrogen functional groups attached to an aromatic ring is 1. The molecule has 21 heavy (non-hydrogen) atoms. The van der Waals surface area contributed by atoms with Crippen LogP contribution in [-0.2, 0) is 10.3 Å². The second kappa shape index (κ2) is 4.64. The Hall–Kier alpha value is -2.25. The molecule has 3 heterocycles. The summed E-state index contributed by atoms with van der Waals surface area (Å²) in [5.74, 6) is 0.158. The van der Waals surface area contributed by atoms with Crippen LogP contribution in [0.1, 0.15) is 5.56 Å². The number of aliphatic hydroxyl groups excluding tert-OH is 3. The van der Waals surface area contributed by atoms with Gasteiger partial charge in [-0.05, 0) is 6.07 Å². The van der Waals surface area contributed by atoms with E-state index < -0.39 is 30.5 Å². The van der Waals surface area contributed by atoms with Gasteiger partial charge in [-0.15, -0.1) is 0 Å². The van der Waals surface area contributed by atoms with E-state index >= 15 is 0 Å². The van der Waals surface area contributed by atoms with Gasteiger partial charge in [0.1, 0.15) is 36.4 Å². The lowest BCUT2D eigenvalue weighted by atomic mass is 9.90. The van der Waals surface area contributed by atoms with E-state index in [0.717, 1.165) is 0 Å². The molecule has 1 fully saturated rings. The van der Waals surface area contributed by atoms with Crippen molar-refractivity contribution in [2.45, 2.75) is 23.9 Å². The van der Waals surface area contributed by atoms with E-state index in [1.807, 2.05) is 6.07 Å². The van der Waals surface area contributed by atoms with Crippen molar-refractivity contribution in [1.82, 2.24) is 14.4 Å². The predicted octanol–water partition coefficient (Wildman–Crippen LogP) is -1.86. The highest BCUT2D eigenvalue weighted by atomic mass is 16.6. The molecule has 0 saturated carbocycles. The molecule has 5 N–H and O–H groups in total. The second-order valence-corrected chi connectivity index (χ2v) is 4.78. The van der Waals surface area contributed by atoms with Crippen LogP contribution in [-0.4, -0.2) is 54.6 Å². The third-order valence-electron chi connectivity index (χ3n) is 3.68. The Morgan fingerprint density at radius 1 is 1.48 bits per heavy atom. The molecule has 0 radical (unpaired) electrons. The largest absolute Gasteiger partial charge is 0.394 e. The lowest BCUT2D eigenvalue weighted by Crippen LogP contribution is -2.40. The number of rotatable bonds is 2. The van der Waals surface area contributed by atoms with Crippen LogP contribution < -0.4 is 5.73 Å². The fourth-order valence-corrected chi connectivity index (χ4v) is 2.58. The molecule has 0 unspecified atom stereocenters. The second-order valence-electron chi connectivity index (χ2n) is 4.78. The minimum Gasteiger partial charge on any atom is -0.394 e. The zero-order chi connectivity index (χ0) is 15.2. The Bertz CT molecular complexity index is 726. The van der Waals surface area contributed by atoms with Crippen molar-refractivity contribution < 1.29 is 20.1 Å². The van der Waals surface area contributed by atoms with E-state index in [9.17, 15) is 20.6 Å². The monoisotopic (exact) mass is 291 g/mol. The first-order valence-corrected chi connectivity index (χ1v) is 6.19. The van der Waals surface area contributed by atoms with E-state index in [1.165, 1.54) is 23.0 Å². The van der Waals surface area contributed by atoms with Gasteiger partial charge in [0.2, 0.25) is 11.5 Å². The Balaban J connectivity index is 2.20. The smallest absolute Gasteiger partial charge is 0.212 e. The van der Waals surface area contributed by atoms with E-state index in [0.29, 0.717) is 0 Å². The maximum Gasteiger partial charge on any atom is 0.212 e. The number of ether oxygens (including phenoxy) is 1. The zero-order valence-corrected chi connectivity index (χ0v) is 10.8. The SMILES string of the molecule is N#C[C@@]1(c2ccn3c(N)ncnc23)O[C@H](CO)[C@@H](O)[C@H]1O. The zero-order valence-electron chi connectivity index (χ0n) is 10.8. The van der Waals surface area contributed by atoms with Crippen molar-refractivity contribution in [1.29, 1.82) is 5.26 Å². The van der Waals surface area contributed by atoms with Crippen LogP contribution in [0.2, 0.25) is 0 Å². The fraction of sp³-hybridized carbons (Fsp3) is 0.417. The molecular weight excluding hydrogens is 278 g/mol. The molecule has 0 bridgehead atoms. The molecule has 1 aliphatic heterocycles. The molecule has 110 valence electrons. The van der Waals surface area contributed by atoms with Gasteiger partial charge in [0.05, 0.1) is 6.61 Å². The van der Waals surface area contributed by atoms with Gasteiger partial charge in [0, 0.05) is 11.8 Å². The molecule has 0 amide bonds. The van der Waals surface area contributed by atoms with E-state index in [2.05, 4.69) is 9.97 Å². The van der Waals surface area contributed by atoms with Gasteiger partial charge in [-0.3, -0.25) is 4.40 Å². The quantitative estimate of drug-likeness (QED) is 0.503. The molecule has 1 saturated heterocycles. The Labute approximate surface area is 118 Å². The van der Waals surface area contributed by atoms with Crippen LogP contribution in [0.25, 0.3) is 5.65 Å². The number of nitrogens with zero attached hydrogens (tertiary/aromatic N) is 4. The summed E-state index contributed by atoms with van der Waals surface area (Å²) in [5.41, 5.74) is 4.41. The van der Waals surface area contributed by atoms with Crippen molar-refractivity contribution >= 4 is 11.6 Å². The summed E-state index contributed by atoms with van der Waals surface area (Å²) in [4.78, 5) is 7.85. The average Bonchev–Trinajstić information content (AvgIpc) is 3.03. The van der Waals surface area contributed by atoms with Crippen LogP contribution in [0.5, 0.6) is 0 Å².